The zero-order valence-electron chi connectivity index (χ0n) is 17.3. The molecule has 0 spiro atoms. The van der Waals surface area contributed by atoms with Crippen LogP contribution in [0, 0.1) is 13.8 Å². The second-order valence-electron chi connectivity index (χ2n) is 7.65. The predicted octanol–water partition coefficient (Wildman–Crippen LogP) is 2.01. The van der Waals surface area contributed by atoms with Gasteiger partial charge in [-0.15, -0.1) is 0 Å². The molecule has 1 saturated heterocycles. The van der Waals surface area contributed by atoms with E-state index in [-0.39, 0.29) is 0 Å². The first-order valence-electron chi connectivity index (χ1n) is 9.88. The summed E-state index contributed by atoms with van der Waals surface area (Å²) >= 11 is 0. The Balaban J connectivity index is 1.50. The van der Waals surface area contributed by atoms with Gasteiger partial charge in [0.1, 0.15) is 11.5 Å². The normalized spacial score (nSPS) is 14.5. The van der Waals surface area contributed by atoms with Gasteiger partial charge in [-0.2, -0.15) is 0 Å². The first-order valence-corrected chi connectivity index (χ1v) is 11.7. The molecule has 8 heteroatoms. The first kappa shape index (κ1) is 21.8. The second kappa shape index (κ2) is 9.30. The van der Waals surface area contributed by atoms with Gasteiger partial charge >= 0.3 is 0 Å². The number of carbonyl (C=O) groups excluding carboxylic acids is 2. The maximum atomic E-state index is 12.5. The Kier molecular flexibility index (Phi) is 6.77. The lowest BCUT2D eigenvalue weighted by molar-refractivity contribution is -0.128. The minimum absolute atomic E-state index is 0.456. The van der Waals surface area contributed by atoms with Crippen LogP contribution in [0.15, 0.2) is 48.5 Å². The van der Waals surface area contributed by atoms with Crippen LogP contribution in [-0.2, 0) is 19.4 Å². The highest BCUT2D eigenvalue weighted by Gasteiger charge is 2.27. The molecule has 30 heavy (non-hydrogen) atoms. The molecule has 0 atom stereocenters. The summed E-state index contributed by atoms with van der Waals surface area (Å²) in [5, 5.41) is 2.56. The molecule has 1 N–H and O–H groups in total. The summed E-state index contributed by atoms with van der Waals surface area (Å²) in [4.78, 5) is 28.3. The topological polar surface area (TPSA) is 86.8 Å². The van der Waals surface area contributed by atoms with E-state index in [9.17, 15) is 18.0 Å². The maximum Gasteiger partial charge on any atom is 0.239 e. The number of carbonyl (C=O) groups is 2. The molecular weight excluding hydrogens is 402 g/mol. The van der Waals surface area contributed by atoms with Crippen molar-refractivity contribution < 1.29 is 18.0 Å². The van der Waals surface area contributed by atoms with Crippen LogP contribution in [-0.4, -0.2) is 62.8 Å². The van der Waals surface area contributed by atoms with Crippen LogP contribution < -0.4 is 10.2 Å². The average Bonchev–Trinajstić information content (AvgIpc) is 2.69. The largest absolute Gasteiger partial charge is 0.368 e. The maximum absolute atomic E-state index is 12.5. The highest BCUT2D eigenvalue weighted by Crippen LogP contribution is 2.18. The number of rotatable bonds is 6. The number of aryl methyl sites for hydroxylation is 2. The van der Waals surface area contributed by atoms with Crippen LogP contribution in [0.5, 0.6) is 0 Å². The minimum Gasteiger partial charge on any atom is -0.368 e. The van der Waals surface area contributed by atoms with Crippen molar-refractivity contribution in [1.82, 2.24) is 4.90 Å². The smallest absolute Gasteiger partial charge is 0.239 e. The number of sulfone groups is 1. The number of hydrogen-bond donors (Lipinski definition) is 1. The monoisotopic (exact) mass is 429 g/mol. The molecule has 0 aromatic heterocycles. The van der Waals surface area contributed by atoms with Crippen molar-refractivity contribution in [3.8, 4) is 0 Å². The Morgan fingerprint density at radius 3 is 2.20 bits per heavy atom. The molecule has 0 radical (unpaired) electrons. The van der Waals surface area contributed by atoms with Crippen LogP contribution in [0.1, 0.15) is 11.1 Å². The molecular formula is C22H27N3O4S. The van der Waals surface area contributed by atoms with Crippen molar-refractivity contribution in [2.24, 2.45) is 0 Å². The zero-order valence-corrected chi connectivity index (χ0v) is 18.1. The van der Waals surface area contributed by atoms with Crippen LogP contribution in [0.4, 0.5) is 11.4 Å². The molecule has 3 rings (SSSR count). The van der Waals surface area contributed by atoms with E-state index in [1.165, 1.54) is 5.56 Å². The highest BCUT2D eigenvalue weighted by atomic mass is 32.2. The molecule has 1 heterocycles. The van der Waals surface area contributed by atoms with Crippen molar-refractivity contribution in [3.05, 3.63) is 59.7 Å². The lowest BCUT2D eigenvalue weighted by Crippen LogP contribution is -2.50. The molecule has 160 valence electrons. The Labute approximate surface area is 177 Å². The van der Waals surface area contributed by atoms with Gasteiger partial charge in [-0.3, -0.25) is 9.59 Å². The fraction of sp³-hybridized carbons (Fsp3) is 0.364. The third-order valence-corrected chi connectivity index (χ3v) is 6.42. The zero-order chi connectivity index (χ0) is 21.7. The molecule has 0 bridgehead atoms. The number of nitrogens with one attached hydrogen (secondary N) is 1. The van der Waals surface area contributed by atoms with Gasteiger partial charge in [0, 0.05) is 37.6 Å². The van der Waals surface area contributed by atoms with Crippen molar-refractivity contribution in [2.75, 3.05) is 47.9 Å². The molecule has 7 nitrogen and oxygen atoms in total. The minimum atomic E-state index is -3.85. The first-order chi connectivity index (χ1) is 14.2. The molecule has 0 unspecified atom stereocenters. The molecule has 1 aliphatic heterocycles. The van der Waals surface area contributed by atoms with Gasteiger partial charge in [0.05, 0.1) is 0 Å². The Morgan fingerprint density at radius 1 is 0.900 bits per heavy atom. The number of piperazine rings is 1. The number of amides is 2. The quantitative estimate of drug-likeness (QED) is 0.759. The third kappa shape index (κ3) is 6.06. The van der Waals surface area contributed by atoms with E-state index in [0.717, 1.165) is 11.3 Å². The summed E-state index contributed by atoms with van der Waals surface area (Å²) in [6.07, 6.45) is 0. The van der Waals surface area contributed by atoms with Crippen LogP contribution in [0.3, 0.4) is 0 Å². The fourth-order valence-electron chi connectivity index (χ4n) is 3.40. The van der Waals surface area contributed by atoms with E-state index in [1.807, 2.05) is 44.2 Å². The Morgan fingerprint density at radius 2 is 1.57 bits per heavy atom. The molecule has 0 saturated carbocycles. The van der Waals surface area contributed by atoms with Gasteiger partial charge in [0.2, 0.25) is 11.8 Å². The van der Waals surface area contributed by atoms with Crippen molar-refractivity contribution >= 4 is 33.0 Å². The van der Waals surface area contributed by atoms with Crippen LogP contribution in [0.2, 0.25) is 0 Å². The number of nitrogens with zero attached hydrogens (tertiary/aromatic N) is 2. The predicted molar refractivity (Wildman–Crippen MR) is 118 cm³/mol. The van der Waals surface area contributed by atoms with Crippen LogP contribution in [0.25, 0.3) is 0 Å². The second-order valence-corrected chi connectivity index (χ2v) is 9.72. The highest BCUT2D eigenvalue weighted by molar-refractivity contribution is 7.92. The van der Waals surface area contributed by atoms with Gasteiger partial charge in [-0.05, 0) is 43.7 Å². The summed E-state index contributed by atoms with van der Waals surface area (Å²) in [7, 11) is -3.85. The van der Waals surface area contributed by atoms with E-state index in [4.69, 9.17) is 0 Å². The molecule has 1 fully saturated rings. The number of benzene rings is 2. The van der Waals surface area contributed by atoms with Gasteiger partial charge in [0.15, 0.2) is 9.84 Å². The lowest BCUT2D eigenvalue weighted by atomic mass is 10.2. The number of hydrogen-bond acceptors (Lipinski definition) is 5. The van der Waals surface area contributed by atoms with E-state index >= 15 is 0 Å². The average molecular weight is 430 g/mol. The molecule has 0 aliphatic carbocycles. The molecule has 2 aromatic carbocycles. The number of anilines is 2. The summed E-state index contributed by atoms with van der Waals surface area (Å²) in [5.74, 6) is -2.47. The van der Waals surface area contributed by atoms with Gasteiger partial charge < -0.3 is 15.1 Å². The lowest BCUT2D eigenvalue weighted by Gasteiger charge is -2.36. The summed E-state index contributed by atoms with van der Waals surface area (Å²) in [6, 6.07) is 15.2. The van der Waals surface area contributed by atoms with E-state index in [0.29, 0.717) is 31.9 Å². The molecule has 2 aromatic rings. The SMILES string of the molecule is Cc1ccc(NC(=O)CS(=O)(=O)CC(=O)N2CCN(c3cccc(C)c3)CC2)cc1. The van der Waals surface area contributed by atoms with Gasteiger partial charge in [0.25, 0.3) is 0 Å². The fourth-order valence-corrected chi connectivity index (χ4v) is 4.54. The van der Waals surface area contributed by atoms with E-state index < -0.39 is 33.2 Å². The molecule has 1 aliphatic rings. The Bertz CT molecular complexity index is 1010. The van der Waals surface area contributed by atoms with Gasteiger partial charge in [-0.25, -0.2) is 8.42 Å². The van der Waals surface area contributed by atoms with Crippen molar-refractivity contribution in [2.45, 2.75) is 13.8 Å². The third-order valence-electron chi connectivity index (χ3n) is 5.03. The van der Waals surface area contributed by atoms with Crippen LogP contribution >= 0.6 is 0 Å². The van der Waals surface area contributed by atoms with Crippen molar-refractivity contribution in [1.29, 1.82) is 0 Å². The summed E-state index contributed by atoms with van der Waals surface area (Å²) < 4.78 is 24.7. The van der Waals surface area contributed by atoms with E-state index in [1.54, 1.807) is 17.0 Å². The van der Waals surface area contributed by atoms with E-state index in [2.05, 4.69) is 16.3 Å². The molecule has 2 amide bonds. The Hall–Kier alpha value is -2.87. The van der Waals surface area contributed by atoms with Gasteiger partial charge in [-0.1, -0.05) is 29.8 Å². The standard InChI is InChI=1S/C22H27N3O4S/c1-17-6-8-19(9-7-17)23-21(26)15-30(28,29)16-22(27)25-12-10-24(11-13-25)20-5-3-4-18(2)14-20/h3-9,14H,10-13,15-16H2,1-2H3,(H,23,26). The van der Waals surface area contributed by atoms with Crippen molar-refractivity contribution in [3.63, 3.8) is 0 Å². The summed E-state index contributed by atoms with van der Waals surface area (Å²) in [6.45, 7) is 6.15. The summed E-state index contributed by atoms with van der Waals surface area (Å²) in [5.41, 5.74) is 3.83.